The molecule has 0 fully saturated rings. The Bertz CT molecular complexity index is 707. The molecule has 20 heavy (non-hydrogen) atoms. The molecule has 0 heterocycles. The molecule has 0 bridgehead atoms. The second kappa shape index (κ2) is 5.58. The molecular weight excluding hydrogens is 378 g/mol. The molecule has 2 aromatic rings. The molecule has 100 valence electrons. The third-order valence-corrected chi connectivity index (χ3v) is 4.60. The molecule has 0 aromatic heterocycles. The van der Waals surface area contributed by atoms with Gasteiger partial charge in [-0.3, -0.25) is 0 Å². The maximum Gasteiger partial charge on any atom is 0.0626 e. The van der Waals surface area contributed by atoms with Gasteiger partial charge in [-0.25, -0.2) is 0 Å². The summed E-state index contributed by atoms with van der Waals surface area (Å²) in [6, 6.07) is 12.7. The summed E-state index contributed by atoms with van der Waals surface area (Å²) in [5.41, 5.74) is 6.05. The van der Waals surface area contributed by atoms with Crippen LogP contribution in [0.25, 0.3) is 17.7 Å². The summed E-state index contributed by atoms with van der Waals surface area (Å²) < 4.78 is 2.10. The molecule has 0 unspecified atom stereocenters. The third kappa shape index (κ3) is 2.48. The SMILES string of the molecule is CNc1c(Br)cc(/C=C2/C=Cc3ccccc32)cc1Br. The van der Waals surface area contributed by atoms with E-state index in [9.17, 15) is 0 Å². The molecule has 1 nitrogen and oxygen atoms in total. The van der Waals surface area contributed by atoms with Crippen LogP contribution in [0, 0.1) is 0 Å². The van der Waals surface area contributed by atoms with Crippen LogP contribution >= 0.6 is 31.9 Å². The highest BCUT2D eigenvalue weighted by Gasteiger charge is 2.10. The molecule has 0 spiro atoms. The van der Waals surface area contributed by atoms with Gasteiger partial charge in [-0.1, -0.05) is 36.4 Å². The average molecular weight is 391 g/mol. The van der Waals surface area contributed by atoms with Gasteiger partial charge in [-0.05, 0) is 72.3 Å². The van der Waals surface area contributed by atoms with Crippen LogP contribution in [-0.2, 0) is 0 Å². The summed E-state index contributed by atoms with van der Waals surface area (Å²) in [6.07, 6.45) is 6.53. The first kappa shape index (κ1) is 13.7. The minimum atomic E-state index is 1.05. The van der Waals surface area contributed by atoms with Crippen LogP contribution in [0.3, 0.4) is 0 Å². The Morgan fingerprint density at radius 1 is 1.00 bits per heavy atom. The van der Waals surface area contributed by atoms with Crippen LogP contribution in [-0.4, -0.2) is 7.05 Å². The maximum absolute atomic E-state index is 3.60. The number of hydrogen-bond acceptors (Lipinski definition) is 1. The van der Waals surface area contributed by atoms with Crippen molar-refractivity contribution in [3.8, 4) is 0 Å². The lowest BCUT2D eigenvalue weighted by molar-refractivity contribution is 1.45. The molecule has 3 rings (SSSR count). The molecule has 0 saturated carbocycles. The Morgan fingerprint density at radius 2 is 1.70 bits per heavy atom. The number of fused-ring (bicyclic) bond motifs is 1. The van der Waals surface area contributed by atoms with Crippen LogP contribution in [0.2, 0.25) is 0 Å². The van der Waals surface area contributed by atoms with Crippen molar-refractivity contribution in [2.75, 3.05) is 12.4 Å². The number of allylic oxidation sites excluding steroid dienone is 2. The van der Waals surface area contributed by atoms with Crippen molar-refractivity contribution >= 4 is 55.3 Å². The standard InChI is InChI=1S/C17H13Br2N/c1-20-17-15(18)9-11(10-16(17)19)8-13-7-6-12-4-2-3-5-14(12)13/h2-10,20H,1H3/b13-8-. The first-order valence-corrected chi connectivity index (χ1v) is 7.93. The van der Waals surface area contributed by atoms with E-state index in [4.69, 9.17) is 0 Å². The number of nitrogens with one attached hydrogen (secondary N) is 1. The van der Waals surface area contributed by atoms with E-state index in [2.05, 4.69) is 91.8 Å². The lowest BCUT2D eigenvalue weighted by Crippen LogP contribution is -1.91. The van der Waals surface area contributed by atoms with Gasteiger partial charge < -0.3 is 5.32 Å². The lowest BCUT2D eigenvalue weighted by Gasteiger charge is -2.08. The Morgan fingerprint density at radius 3 is 2.40 bits per heavy atom. The highest BCUT2D eigenvalue weighted by molar-refractivity contribution is 9.11. The zero-order valence-electron chi connectivity index (χ0n) is 11.0. The molecular formula is C17H13Br2N. The first-order valence-electron chi connectivity index (χ1n) is 6.35. The van der Waals surface area contributed by atoms with E-state index in [-0.39, 0.29) is 0 Å². The number of rotatable bonds is 2. The molecule has 1 aliphatic carbocycles. The summed E-state index contributed by atoms with van der Waals surface area (Å²) in [7, 11) is 1.92. The number of halogens is 2. The molecule has 0 saturated heterocycles. The van der Waals surface area contributed by atoms with Gasteiger partial charge in [-0.2, -0.15) is 0 Å². The number of anilines is 1. The fourth-order valence-electron chi connectivity index (χ4n) is 2.39. The fourth-order valence-corrected chi connectivity index (χ4v) is 4.01. The van der Waals surface area contributed by atoms with Crippen LogP contribution < -0.4 is 5.32 Å². The van der Waals surface area contributed by atoms with E-state index in [0.29, 0.717) is 0 Å². The van der Waals surface area contributed by atoms with Gasteiger partial charge in [0.15, 0.2) is 0 Å². The highest BCUT2D eigenvalue weighted by atomic mass is 79.9. The smallest absolute Gasteiger partial charge is 0.0626 e. The second-order valence-electron chi connectivity index (χ2n) is 4.63. The van der Waals surface area contributed by atoms with Gasteiger partial charge in [0, 0.05) is 16.0 Å². The van der Waals surface area contributed by atoms with E-state index in [1.165, 1.54) is 22.3 Å². The molecule has 2 aromatic carbocycles. The summed E-state index contributed by atoms with van der Waals surface area (Å²) in [5, 5.41) is 3.17. The van der Waals surface area contributed by atoms with E-state index >= 15 is 0 Å². The van der Waals surface area contributed by atoms with E-state index in [0.717, 1.165) is 14.6 Å². The van der Waals surface area contributed by atoms with Gasteiger partial charge in [-0.15, -0.1) is 0 Å². The van der Waals surface area contributed by atoms with Crippen molar-refractivity contribution in [1.29, 1.82) is 0 Å². The van der Waals surface area contributed by atoms with Gasteiger partial charge in [0.1, 0.15) is 0 Å². The summed E-state index contributed by atoms with van der Waals surface area (Å²) in [5.74, 6) is 0. The lowest BCUT2D eigenvalue weighted by atomic mass is 10.0. The minimum absolute atomic E-state index is 1.05. The zero-order chi connectivity index (χ0) is 14.1. The topological polar surface area (TPSA) is 12.0 Å². The van der Waals surface area contributed by atoms with Crippen molar-refractivity contribution in [2.24, 2.45) is 0 Å². The second-order valence-corrected chi connectivity index (χ2v) is 6.34. The van der Waals surface area contributed by atoms with E-state index in [1.54, 1.807) is 0 Å². The van der Waals surface area contributed by atoms with Gasteiger partial charge in [0.05, 0.1) is 5.69 Å². The monoisotopic (exact) mass is 389 g/mol. The van der Waals surface area contributed by atoms with Crippen molar-refractivity contribution in [3.05, 3.63) is 68.1 Å². The average Bonchev–Trinajstić information content (AvgIpc) is 2.82. The van der Waals surface area contributed by atoms with E-state index < -0.39 is 0 Å². The largest absolute Gasteiger partial charge is 0.386 e. The van der Waals surface area contributed by atoms with Crippen LogP contribution in [0.5, 0.6) is 0 Å². The van der Waals surface area contributed by atoms with Gasteiger partial charge >= 0.3 is 0 Å². The van der Waals surface area contributed by atoms with Crippen LogP contribution in [0.15, 0.2) is 51.4 Å². The molecule has 1 N–H and O–H groups in total. The Kier molecular flexibility index (Phi) is 3.81. The third-order valence-electron chi connectivity index (χ3n) is 3.35. The van der Waals surface area contributed by atoms with Gasteiger partial charge in [0.25, 0.3) is 0 Å². The quantitative estimate of drug-likeness (QED) is 0.681. The Balaban J connectivity index is 2.05. The van der Waals surface area contributed by atoms with Crippen molar-refractivity contribution in [1.82, 2.24) is 0 Å². The molecule has 3 heteroatoms. The molecule has 0 atom stereocenters. The predicted octanol–water partition coefficient (Wildman–Crippen LogP) is 5.82. The van der Waals surface area contributed by atoms with Crippen molar-refractivity contribution in [2.45, 2.75) is 0 Å². The predicted molar refractivity (Wildman–Crippen MR) is 94.7 cm³/mol. The zero-order valence-corrected chi connectivity index (χ0v) is 14.1. The minimum Gasteiger partial charge on any atom is -0.386 e. The van der Waals surface area contributed by atoms with Crippen LogP contribution in [0.1, 0.15) is 16.7 Å². The van der Waals surface area contributed by atoms with Crippen molar-refractivity contribution in [3.63, 3.8) is 0 Å². The number of hydrogen-bond donors (Lipinski definition) is 1. The molecule has 0 aliphatic heterocycles. The molecule has 0 radical (unpaired) electrons. The Hall–Kier alpha value is -1.32. The summed E-state index contributed by atoms with van der Waals surface area (Å²) in [6.45, 7) is 0. The van der Waals surface area contributed by atoms with Crippen LogP contribution in [0.4, 0.5) is 5.69 Å². The van der Waals surface area contributed by atoms with Gasteiger partial charge in [0.2, 0.25) is 0 Å². The molecule has 1 aliphatic rings. The summed E-state index contributed by atoms with van der Waals surface area (Å²) >= 11 is 7.20. The maximum atomic E-state index is 3.60. The first-order chi connectivity index (χ1) is 9.69. The van der Waals surface area contributed by atoms with Crippen molar-refractivity contribution < 1.29 is 0 Å². The van der Waals surface area contributed by atoms with E-state index in [1.807, 2.05) is 7.05 Å². The summed E-state index contributed by atoms with van der Waals surface area (Å²) in [4.78, 5) is 0. The normalized spacial score (nSPS) is 14.7. The number of benzene rings is 2. The fraction of sp³-hybridized carbons (Fsp3) is 0.0588. The Labute approximate surface area is 135 Å². The highest BCUT2D eigenvalue weighted by Crippen LogP contribution is 2.35. The molecule has 0 amide bonds.